The zero-order valence-electron chi connectivity index (χ0n) is 10.3. The molecule has 0 atom stereocenters. The molecule has 1 fully saturated rings. The van der Waals surface area contributed by atoms with Gasteiger partial charge in [0.1, 0.15) is 0 Å². The maximum atomic E-state index is 10.9. The van der Waals surface area contributed by atoms with Gasteiger partial charge in [-0.05, 0) is 38.7 Å². The van der Waals surface area contributed by atoms with Crippen LogP contribution in [0.4, 0.5) is 11.5 Å². The van der Waals surface area contributed by atoms with Crippen LogP contribution in [-0.4, -0.2) is 27.2 Å². The van der Waals surface area contributed by atoms with Gasteiger partial charge in [-0.15, -0.1) is 0 Å². The first-order chi connectivity index (χ1) is 8.56. The molecule has 0 spiro atoms. The van der Waals surface area contributed by atoms with Crippen molar-refractivity contribution in [2.24, 2.45) is 0 Å². The first-order valence-electron chi connectivity index (χ1n) is 6.13. The SMILES string of the molecule is Cc1ccc([N+](=O)[O-])c(NC2CCC(O)CC2)n1. The van der Waals surface area contributed by atoms with Gasteiger partial charge in [-0.3, -0.25) is 10.1 Å². The average molecular weight is 251 g/mol. The molecule has 2 N–H and O–H groups in total. The molecule has 0 unspecified atom stereocenters. The van der Waals surface area contributed by atoms with Crippen molar-refractivity contribution >= 4 is 11.5 Å². The Labute approximate surface area is 105 Å². The van der Waals surface area contributed by atoms with Gasteiger partial charge in [0.2, 0.25) is 5.82 Å². The highest BCUT2D eigenvalue weighted by molar-refractivity contribution is 5.56. The molecule has 1 aromatic heterocycles. The van der Waals surface area contributed by atoms with Crippen LogP contribution in [0.3, 0.4) is 0 Å². The number of hydrogen-bond donors (Lipinski definition) is 2. The van der Waals surface area contributed by atoms with Crippen molar-refractivity contribution in [3.8, 4) is 0 Å². The molecule has 2 rings (SSSR count). The fraction of sp³-hybridized carbons (Fsp3) is 0.583. The maximum absolute atomic E-state index is 10.9. The van der Waals surface area contributed by atoms with Gasteiger partial charge in [0, 0.05) is 17.8 Å². The molecule has 1 aromatic rings. The van der Waals surface area contributed by atoms with E-state index in [1.54, 1.807) is 13.0 Å². The number of nitrogens with zero attached hydrogens (tertiary/aromatic N) is 2. The highest BCUT2D eigenvalue weighted by Gasteiger charge is 2.23. The molecule has 0 aromatic carbocycles. The highest BCUT2D eigenvalue weighted by Crippen LogP contribution is 2.27. The zero-order valence-corrected chi connectivity index (χ0v) is 10.3. The van der Waals surface area contributed by atoms with E-state index in [4.69, 9.17) is 0 Å². The second kappa shape index (κ2) is 5.30. The van der Waals surface area contributed by atoms with Crippen LogP contribution in [0.2, 0.25) is 0 Å². The molecule has 6 nitrogen and oxygen atoms in total. The number of nitrogens with one attached hydrogen (secondary N) is 1. The Kier molecular flexibility index (Phi) is 3.76. The summed E-state index contributed by atoms with van der Waals surface area (Å²) in [5.74, 6) is 0.335. The minimum absolute atomic E-state index is 0.00622. The summed E-state index contributed by atoms with van der Waals surface area (Å²) >= 11 is 0. The molecule has 1 saturated carbocycles. The van der Waals surface area contributed by atoms with Gasteiger partial charge < -0.3 is 10.4 Å². The molecule has 1 aliphatic carbocycles. The van der Waals surface area contributed by atoms with E-state index in [0.717, 1.165) is 31.4 Å². The molecule has 1 heterocycles. The van der Waals surface area contributed by atoms with Crippen LogP contribution in [0, 0.1) is 17.0 Å². The predicted molar refractivity (Wildman–Crippen MR) is 67.5 cm³/mol. The number of anilines is 1. The van der Waals surface area contributed by atoms with Crippen molar-refractivity contribution in [2.45, 2.75) is 44.8 Å². The van der Waals surface area contributed by atoms with Crippen molar-refractivity contribution in [2.75, 3.05) is 5.32 Å². The van der Waals surface area contributed by atoms with E-state index in [9.17, 15) is 15.2 Å². The lowest BCUT2D eigenvalue weighted by molar-refractivity contribution is -0.384. The minimum atomic E-state index is -0.424. The molecular weight excluding hydrogens is 234 g/mol. The van der Waals surface area contributed by atoms with Crippen molar-refractivity contribution in [3.63, 3.8) is 0 Å². The van der Waals surface area contributed by atoms with Crippen LogP contribution in [0.15, 0.2) is 12.1 Å². The molecule has 0 aliphatic heterocycles. The number of aliphatic hydroxyl groups excluding tert-OH is 1. The Balaban J connectivity index is 2.12. The molecule has 0 radical (unpaired) electrons. The summed E-state index contributed by atoms with van der Waals surface area (Å²) in [7, 11) is 0. The van der Waals surface area contributed by atoms with E-state index in [1.165, 1.54) is 6.07 Å². The van der Waals surface area contributed by atoms with Crippen molar-refractivity contribution in [3.05, 3.63) is 27.9 Å². The van der Waals surface area contributed by atoms with Gasteiger partial charge >= 0.3 is 5.69 Å². The van der Waals surface area contributed by atoms with Gasteiger partial charge in [-0.2, -0.15) is 0 Å². The highest BCUT2D eigenvalue weighted by atomic mass is 16.6. The Bertz CT molecular complexity index is 442. The largest absolute Gasteiger partial charge is 0.393 e. The van der Waals surface area contributed by atoms with Crippen LogP contribution in [0.1, 0.15) is 31.4 Å². The van der Waals surface area contributed by atoms with E-state index >= 15 is 0 Å². The van der Waals surface area contributed by atoms with Gasteiger partial charge in [0.05, 0.1) is 11.0 Å². The number of aryl methyl sites for hydroxylation is 1. The van der Waals surface area contributed by atoms with Crippen LogP contribution in [-0.2, 0) is 0 Å². The summed E-state index contributed by atoms with van der Waals surface area (Å²) in [5.41, 5.74) is 0.755. The number of hydrogen-bond acceptors (Lipinski definition) is 5. The van der Waals surface area contributed by atoms with Gasteiger partial charge in [-0.25, -0.2) is 4.98 Å². The number of nitro groups is 1. The van der Waals surface area contributed by atoms with E-state index in [2.05, 4.69) is 10.3 Å². The van der Waals surface area contributed by atoms with E-state index in [1.807, 2.05) is 0 Å². The predicted octanol–water partition coefficient (Wildman–Crippen LogP) is 2.01. The fourth-order valence-electron chi connectivity index (χ4n) is 2.22. The molecule has 6 heteroatoms. The Morgan fingerprint density at radius 2 is 2.06 bits per heavy atom. The molecule has 0 bridgehead atoms. The molecule has 0 saturated heterocycles. The smallest absolute Gasteiger partial charge is 0.311 e. The lowest BCUT2D eigenvalue weighted by Gasteiger charge is -2.26. The van der Waals surface area contributed by atoms with E-state index in [-0.39, 0.29) is 17.8 Å². The Hall–Kier alpha value is -1.69. The summed E-state index contributed by atoms with van der Waals surface area (Å²) in [5, 5.41) is 23.5. The number of aliphatic hydroxyl groups is 1. The van der Waals surface area contributed by atoms with Crippen LogP contribution in [0.25, 0.3) is 0 Å². The van der Waals surface area contributed by atoms with Crippen LogP contribution < -0.4 is 5.32 Å². The molecule has 1 aliphatic rings. The zero-order chi connectivity index (χ0) is 13.1. The molecule has 98 valence electrons. The van der Waals surface area contributed by atoms with Gasteiger partial charge in [-0.1, -0.05) is 0 Å². The van der Waals surface area contributed by atoms with Crippen LogP contribution in [0.5, 0.6) is 0 Å². The molecule has 0 amide bonds. The first kappa shape index (κ1) is 12.8. The second-order valence-electron chi connectivity index (χ2n) is 4.73. The summed E-state index contributed by atoms with van der Waals surface area (Å²) in [6.45, 7) is 1.81. The van der Waals surface area contributed by atoms with Crippen molar-refractivity contribution in [1.29, 1.82) is 0 Å². The van der Waals surface area contributed by atoms with Gasteiger partial charge in [0.25, 0.3) is 0 Å². The summed E-state index contributed by atoms with van der Waals surface area (Å²) in [4.78, 5) is 14.7. The maximum Gasteiger partial charge on any atom is 0.311 e. The fourth-order valence-corrected chi connectivity index (χ4v) is 2.22. The molecule has 18 heavy (non-hydrogen) atoms. The minimum Gasteiger partial charge on any atom is -0.393 e. The van der Waals surface area contributed by atoms with E-state index < -0.39 is 4.92 Å². The van der Waals surface area contributed by atoms with Crippen molar-refractivity contribution < 1.29 is 10.0 Å². The quantitative estimate of drug-likeness (QED) is 0.633. The first-order valence-corrected chi connectivity index (χ1v) is 6.13. The monoisotopic (exact) mass is 251 g/mol. The number of pyridine rings is 1. The van der Waals surface area contributed by atoms with Gasteiger partial charge in [0.15, 0.2) is 0 Å². The Morgan fingerprint density at radius 1 is 1.39 bits per heavy atom. The summed E-state index contributed by atoms with van der Waals surface area (Å²) in [6.07, 6.45) is 2.86. The standard InChI is InChI=1S/C12H17N3O3/c1-8-2-7-11(15(17)18)12(13-8)14-9-3-5-10(16)6-4-9/h2,7,9-10,16H,3-6H2,1H3,(H,13,14). The topological polar surface area (TPSA) is 88.3 Å². The van der Waals surface area contributed by atoms with Crippen molar-refractivity contribution in [1.82, 2.24) is 4.98 Å². The third kappa shape index (κ3) is 2.95. The molecular formula is C12H17N3O3. The Morgan fingerprint density at radius 3 is 2.67 bits per heavy atom. The normalized spacial score (nSPS) is 23.7. The van der Waals surface area contributed by atoms with E-state index in [0.29, 0.717) is 5.82 Å². The third-order valence-electron chi connectivity index (χ3n) is 3.25. The lowest BCUT2D eigenvalue weighted by atomic mass is 9.93. The third-order valence-corrected chi connectivity index (χ3v) is 3.25. The second-order valence-corrected chi connectivity index (χ2v) is 4.73. The lowest BCUT2D eigenvalue weighted by Crippen LogP contribution is -2.28. The average Bonchev–Trinajstić information content (AvgIpc) is 2.32. The summed E-state index contributed by atoms with van der Waals surface area (Å²) in [6, 6.07) is 3.26. The van der Waals surface area contributed by atoms with Crippen LogP contribution >= 0.6 is 0 Å². The summed E-state index contributed by atoms with van der Waals surface area (Å²) < 4.78 is 0. The number of aromatic nitrogens is 1. The number of rotatable bonds is 3.